The lowest BCUT2D eigenvalue weighted by Crippen LogP contribution is -2.25. The molecular formula is C23H24N8O3. The lowest BCUT2D eigenvalue weighted by molar-refractivity contribution is -0.132. The standard InChI is InChI=1S/C23H24N8O3/c1-14-18-9-8-17(12-19(18)28-31(14)3)30(2)20-10-11-24-23(27-20)26-16-6-4-15(5-7-16)25-21(32)13-22(33)29-34/h4-12,34H,13H2,1-3H3,(H,25,32)(H,29,33)(H,24,26,27). The number of carbonyl (C=O) groups excluding carboxylic acids is 2. The lowest BCUT2D eigenvalue weighted by Gasteiger charge is -2.19. The van der Waals surface area contributed by atoms with Crippen molar-refractivity contribution in [1.82, 2.24) is 25.2 Å². The van der Waals surface area contributed by atoms with Crippen LogP contribution in [0.5, 0.6) is 0 Å². The van der Waals surface area contributed by atoms with Crippen LogP contribution >= 0.6 is 0 Å². The molecule has 0 bridgehead atoms. The topological polar surface area (TPSA) is 137 Å². The highest BCUT2D eigenvalue weighted by molar-refractivity contribution is 6.03. The molecule has 0 unspecified atom stereocenters. The molecule has 11 nitrogen and oxygen atoms in total. The monoisotopic (exact) mass is 460 g/mol. The molecule has 0 fully saturated rings. The van der Waals surface area contributed by atoms with Crippen LogP contribution in [0.15, 0.2) is 54.7 Å². The second-order valence-corrected chi connectivity index (χ2v) is 7.67. The van der Waals surface area contributed by atoms with Crippen LogP contribution in [0.25, 0.3) is 10.9 Å². The molecule has 0 atom stereocenters. The molecule has 0 aliphatic heterocycles. The number of aryl methyl sites for hydroxylation is 2. The van der Waals surface area contributed by atoms with Gasteiger partial charge in [0.15, 0.2) is 0 Å². The van der Waals surface area contributed by atoms with Gasteiger partial charge in [0, 0.05) is 48.4 Å². The van der Waals surface area contributed by atoms with E-state index >= 15 is 0 Å². The summed E-state index contributed by atoms with van der Waals surface area (Å²) in [6, 6.07) is 14.8. The number of hydroxylamine groups is 1. The highest BCUT2D eigenvalue weighted by Crippen LogP contribution is 2.27. The molecule has 0 aliphatic rings. The molecule has 2 heterocycles. The Labute approximate surface area is 195 Å². The number of fused-ring (bicyclic) bond motifs is 1. The third kappa shape index (κ3) is 4.94. The fourth-order valence-electron chi connectivity index (χ4n) is 3.41. The van der Waals surface area contributed by atoms with E-state index in [2.05, 4.69) is 31.8 Å². The van der Waals surface area contributed by atoms with Gasteiger partial charge in [-0.3, -0.25) is 19.5 Å². The molecule has 4 rings (SSSR count). The van der Waals surface area contributed by atoms with Crippen molar-refractivity contribution in [3.63, 3.8) is 0 Å². The Morgan fingerprint density at radius 2 is 1.79 bits per heavy atom. The maximum Gasteiger partial charge on any atom is 0.252 e. The zero-order chi connectivity index (χ0) is 24.2. The minimum absolute atomic E-state index is 0.413. The summed E-state index contributed by atoms with van der Waals surface area (Å²) in [4.78, 5) is 33.6. The van der Waals surface area contributed by atoms with Gasteiger partial charge in [-0.15, -0.1) is 0 Å². The first-order valence-electron chi connectivity index (χ1n) is 10.4. The predicted octanol–water partition coefficient (Wildman–Crippen LogP) is 3.02. The average Bonchev–Trinajstić information content (AvgIpc) is 3.12. The zero-order valence-corrected chi connectivity index (χ0v) is 18.9. The van der Waals surface area contributed by atoms with Crippen LogP contribution in [0, 0.1) is 6.92 Å². The summed E-state index contributed by atoms with van der Waals surface area (Å²) in [5.41, 5.74) is 5.63. The quantitative estimate of drug-likeness (QED) is 0.188. The molecule has 0 aliphatic carbocycles. The normalized spacial score (nSPS) is 10.7. The van der Waals surface area contributed by atoms with E-state index in [4.69, 9.17) is 5.21 Å². The highest BCUT2D eigenvalue weighted by Gasteiger charge is 2.12. The fourth-order valence-corrected chi connectivity index (χ4v) is 3.41. The first-order valence-corrected chi connectivity index (χ1v) is 10.4. The number of rotatable bonds is 7. The number of benzene rings is 2. The van der Waals surface area contributed by atoms with Gasteiger partial charge in [-0.1, -0.05) is 0 Å². The molecule has 0 radical (unpaired) electrons. The van der Waals surface area contributed by atoms with Crippen molar-refractivity contribution in [3.05, 3.63) is 60.4 Å². The van der Waals surface area contributed by atoms with Gasteiger partial charge in [-0.2, -0.15) is 10.1 Å². The van der Waals surface area contributed by atoms with Crippen LogP contribution in [0.2, 0.25) is 0 Å². The Balaban J connectivity index is 1.45. The van der Waals surface area contributed by atoms with E-state index in [1.54, 1.807) is 30.5 Å². The summed E-state index contributed by atoms with van der Waals surface area (Å²) in [6.45, 7) is 2.04. The molecule has 11 heteroatoms. The maximum atomic E-state index is 11.7. The Hall–Kier alpha value is -4.51. The smallest absolute Gasteiger partial charge is 0.252 e. The molecule has 0 saturated heterocycles. The Morgan fingerprint density at radius 3 is 2.53 bits per heavy atom. The third-order valence-electron chi connectivity index (χ3n) is 5.36. The van der Waals surface area contributed by atoms with Crippen molar-refractivity contribution in [2.75, 3.05) is 22.6 Å². The van der Waals surface area contributed by atoms with Crippen LogP contribution in [0.1, 0.15) is 12.1 Å². The summed E-state index contributed by atoms with van der Waals surface area (Å²) in [5, 5.41) is 19.9. The van der Waals surface area contributed by atoms with E-state index in [1.807, 2.05) is 48.8 Å². The second kappa shape index (κ2) is 9.55. The largest absolute Gasteiger partial charge is 0.329 e. The Kier molecular flexibility index (Phi) is 6.37. The Bertz CT molecular complexity index is 1350. The zero-order valence-electron chi connectivity index (χ0n) is 18.9. The van der Waals surface area contributed by atoms with Gasteiger partial charge in [0.05, 0.1) is 5.52 Å². The van der Waals surface area contributed by atoms with E-state index < -0.39 is 18.2 Å². The van der Waals surface area contributed by atoms with Gasteiger partial charge in [0.25, 0.3) is 5.91 Å². The number of hydrogen-bond acceptors (Lipinski definition) is 8. The van der Waals surface area contributed by atoms with Gasteiger partial charge in [0.1, 0.15) is 12.2 Å². The van der Waals surface area contributed by atoms with Crippen molar-refractivity contribution in [1.29, 1.82) is 0 Å². The molecule has 2 amide bonds. The molecule has 4 N–H and O–H groups in total. The fraction of sp³-hybridized carbons (Fsp3) is 0.174. The van der Waals surface area contributed by atoms with Crippen LogP contribution < -0.4 is 21.0 Å². The molecule has 0 spiro atoms. The number of aromatic nitrogens is 4. The highest BCUT2D eigenvalue weighted by atomic mass is 16.5. The first-order chi connectivity index (χ1) is 16.3. The van der Waals surface area contributed by atoms with E-state index in [0.717, 1.165) is 28.0 Å². The first kappa shape index (κ1) is 22.7. The number of nitrogens with zero attached hydrogens (tertiary/aromatic N) is 5. The van der Waals surface area contributed by atoms with Gasteiger partial charge < -0.3 is 15.5 Å². The van der Waals surface area contributed by atoms with Crippen molar-refractivity contribution in [2.24, 2.45) is 7.05 Å². The molecular weight excluding hydrogens is 436 g/mol. The number of anilines is 5. The average molecular weight is 460 g/mol. The molecule has 174 valence electrons. The number of nitrogens with one attached hydrogen (secondary N) is 3. The molecule has 0 saturated carbocycles. The summed E-state index contributed by atoms with van der Waals surface area (Å²) in [7, 11) is 3.86. The van der Waals surface area contributed by atoms with E-state index in [-0.39, 0.29) is 0 Å². The van der Waals surface area contributed by atoms with Crippen molar-refractivity contribution in [3.8, 4) is 0 Å². The molecule has 4 aromatic rings. The predicted molar refractivity (Wildman–Crippen MR) is 128 cm³/mol. The molecule has 2 aromatic carbocycles. The van der Waals surface area contributed by atoms with Crippen LogP contribution in [0.3, 0.4) is 0 Å². The van der Waals surface area contributed by atoms with Gasteiger partial charge in [0.2, 0.25) is 11.9 Å². The summed E-state index contributed by atoms with van der Waals surface area (Å²) in [6.07, 6.45) is 1.20. The lowest BCUT2D eigenvalue weighted by atomic mass is 10.2. The van der Waals surface area contributed by atoms with Gasteiger partial charge in [-0.05, 0) is 55.5 Å². The summed E-state index contributed by atoms with van der Waals surface area (Å²) in [5.74, 6) is -0.204. The van der Waals surface area contributed by atoms with Gasteiger partial charge >= 0.3 is 0 Å². The Morgan fingerprint density at radius 1 is 1.06 bits per heavy atom. The maximum absolute atomic E-state index is 11.7. The van der Waals surface area contributed by atoms with Gasteiger partial charge in [-0.25, -0.2) is 10.5 Å². The summed E-state index contributed by atoms with van der Waals surface area (Å²) >= 11 is 0. The second-order valence-electron chi connectivity index (χ2n) is 7.67. The van der Waals surface area contributed by atoms with Crippen LogP contribution in [-0.2, 0) is 16.6 Å². The van der Waals surface area contributed by atoms with E-state index in [9.17, 15) is 9.59 Å². The van der Waals surface area contributed by atoms with Crippen molar-refractivity contribution >= 4 is 51.5 Å². The molecule has 34 heavy (non-hydrogen) atoms. The van der Waals surface area contributed by atoms with Crippen molar-refractivity contribution in [2.45, 2.75) is 13.3 Å². The van der Waals surface area contributed by atoms with E-state index in [1.165, 1.54) is 5.48 Å². The van der Waals surface area contributed by atoms with Crippen molar-refractivity contribution < 1.29 is 14.8 Å². The summed E-state index contributed by atoms with van der Waals surface area (Å²) < 4.78 is 1.86. The van der Waals surface area contributed by atoms with Crippen LogP contribution in [0.4, 0.5) is 28.8 Å². The minimum atomic E-state index is -0.784. The third-order valence-corrected chi connectivity index (χ3v) is 5.36. The number of carbonyl (C=O) groups is 2. The van der Waals surface area contributed by atoms with Crippen LogP contribution in [-0.4, -0.2) is 43.8 Å². The number of hydrogen-bond donors (Lipinski definition) is 4. The molecule has 2 aromatic heterocycles. The minimum Gasteiger partial charge on any atom is -0.329 e. The SMILES string of the molecule is Cc1c2ccc(N(C)c3ccnc(Nc4ccc(NC(=O)CC(=O)NO)cc4)n3)cc2nn1C. The number of amides is 2. The van der Waals surface area contributed by atoms with E-state index in [0.29, 0.717) is 17.5 Å².